The molecule has 0 radical (unpaired) electrons. The standard InChI is InChI=1S/C20H20O2/c21-20(22)19(12-15-6-2-1-3-7-15)11-10-16-13-17-8-4-5-9-18(17)14-16/h1-9,11,16H,10,12-14H2,(H,21,22)/b19-11+. The van der Waals surface area contributed by atoms with Crippen molar-refractivity contribution in [2.24, 2.45) is 5.92 Å². The van der Waals surface area contributed by atoms with Crippen molar-refractivity contribution in [3.63, 3.8) is 0 Å². The van der Waals surface area contributed by atoms with Gasteiger partial charge in [0.15, 0.2) is 0 Å². The second-order valence-electron chi connectivity index (χ2n) is 5.98. The number of hydrogen-bond acceptors (Lipinski definition) is 1. The number of benzene rings is 2. The predicted molar refractivity (Wildman–Crippen MR) is 87.8 cm³/mol. The fraction of sp³-hybridized carbons (Fsp3) is 0.250. The van der Waals surface area contributed by atoms with Crippen LogP contribution in [0.1, 0.15) is 23.1 Å². The Morgan fingerprint density at radius 3 is 2.18 bits per heavy atom. The summed E-state index contributed by atoms with van der Waals surface area (Å²) in [4.78, 5) is 11.5. The molecule has 1 aliphatic rings. The molecule has 2 aromatic carbocycles. The van der Waals surface area contributed by atoms with E-state index in [1.165, 1.54) is 11.1 Å². The zero-order valence-corrected chi connectivity index (χ0v) is 12.5. The number of rotatable bonds is 5. The zero-order valence-electron chi connectivity index (χ0n) is 12.5. The summed E-state index contributed by atoms with van der Waals surface area (Å²) in [6.45, 7) is 0. The Kier molecular flexibility index (Phi) is 4.38. The van der Waals surface area contributed by atoms with E-state index < -0.39 is 5.97 Å². The minimum Gasteiger partial charge on any atom is -0.478 e. The molecule has 0 fully saturated rings. The van der Waals surface area contributed by atoms with Crippen LogP contribution >= 0.6 is 0 Å². The lowest BCUT2D eigenvalue weighted by atomic mass is 9.98. The molecule has 0 heterocycles. The molecular formula is C20H20O2. The molecule has 0 amide bonds. The summed E-state index contributed by atoms with van der Waals surface area (Å²) >= 11 is 0. The van der Waals surface area contributed by atoms with Gasteiger partial charge in [0.05, 0.1) is 0 Å². The topological polar surface area (TPSA) is 37.3 Å². The van der Waals surface area contributed by atoms with E-state index in [9.17, 15) is 9.90 Å². The molecule has 0 aromatic heterocycles. The molecular weight excluding hydrogens is 272 g/mol. The van der Waals surface area contributed by atoms with Gasteiger partial charge in [-0.2, -0.15) is 0 Å². The largest absolute Gasteiger partial charge is 0.478 e. The quantitative estimate of drug-likeness (QED) is 0.844. The van der Waals surface area contributed by atoms with Crippen LogP contribution in [0.3, 0.4) is 0 Å². The molecule has 0 unspecified atom stereocenters. The van der Waals surface area contributed by atoms with E-state index >= 15 is 0 Å². The van der Waals surface area contributed by atoms with Crippen molar-refractivity contribution in [1.82, 2.24) is 0 Å². The van der Waals surface area contributed by atoms with Gasteiger partial charge < -0.3 is 5.11 Å². The predicted octanol–water partition coefficient (Wildman–Crippen LogP) is 4.05. The third-order valence-electron chi connectivity index (χ3n) is 4.35. The Morgan fingerprint density at radius 2 is 1.59 bits per heavy atom. The Morgan fingerprint density at radius 1 is 1.00 bits per heavy atom. The normalized spacial score (nSPS) is 14.8. The lowest BCUT2D eigenvalue weighted by Gasteiger charge is -2.07. The van der Waals surface area contributed by atoms with E-state index in [1.54, 1.807) is 0 Å². The second kappa shape index (κ2) is 6.61. The van der Waals surface area contributed by atoms with Crippen molar-refractivity contribution < 1.29 is 9.90 Å². The first-order chi connectivity index (χ1) is 10.7. The van der Waals surface area contributed by atoms with Crippen molar-refractivity contribution in [2.75, 3.05) is 0 Å². The molecule has 0 saturated heterocycles. The molecule has 22 heavy (non-hydrogen) atoms. The van der Waals surface area contributed by atoms with Crippen LogP contribution in [-0.4, -0.2) is 11.1 Å². The van der Waals surface area contributed by atoms with Crippen molar-refractivity contribution in [2.45, 2.75) is 25.7 Å². The van der Waals surface area contributed by atoms with Gasteiger partial charge >= 0.3 is 5.97 Å². The lowest BCUT2D eigenvalue weighted by Crippen LogP contribution is -2.06. The van der Waals surface area contributed by atoms with Crippen LogP contribution in [0.25, 0.3) is 0 Å². The van der Waals surface area contributed by atoms with Crippen LogP contribution in [0, 0.1) is 5.92 Å². The fourth-order valence-corrected chi connectivity index (χ4v) is 3.18. The van der Waals surface area contributed by atoms with Crippen molar-refractivity contribution in [3.8, 4) is 0 Å². The van der Waals surface area contributed by atoms with Crippen LogP contribution < -0.4 is 0 Å². The molecule has 0 saturated carbocycles. The highest BCUT2D eigenvalue weighted by atomic mass is 16.4. The number of carboxylic acids is 1. The van der Waals surface area contributed by atoms with Crippen LogP contribution in [0.2, 0.25) is 0 Å². The van der Waals surface area contributed by atoms with Crippen molar-refractivity contribution in [1.29, 1.82) is 0 Å². The number of allylic oxidation sites excluding steroid dienone is 1. The van der Waals surface area contributed by atoms with Gasteiger partial charge in [0, 0.05) is 12.0 Å². The molecule has 2 aromatic rings. The Bertz CT molecular complexity index is 661. The van der Waals surface area contributed by atoms with E-state index in [0.29, 0.717) is 17.9 Å². The summed E-state index contributed by atoms with van der Waals surface area (Å²) in [5, 5.41) is 9.41. The average molecular weight is 292 g/mol. The Balaban J connectivity index is 1.66. The molecule has 3 rings (SSSR count). The van der Waals surface area contributed by atoms with Gasteiger partial charge in [0.2, 0.25) is 0 Å². The molecule has 2 nitrogen and oxygen atoms in total. The summed E-state index contributed by atoms with van der Waals surface area (Å²) in [7, 11) is 0. The first kappa shape index (κ1) is 14.6. The van der Waals surface area contributed by atoms with E-state index in [2.05, 4.69) is 24.3 Å². The maximum absolute atomic E-state index is 11.5. The SMILES string of the molecule is O=C(O)/C(=C/CC1Cc2ccccc2C1)Cc1ccccc1. The van der Waals surface area contributed by atoms with Crippen LogP contribution in [0.4, 0.5) is 0 Å². The fourth-order valence-electron chi connectivity index (χ4n) is 3.18. The highest BCUT2D eigenvalue weighted by Gasteiger charge is 2.20. The van der Waals surface area contributed by atoms with Crippen LogP contribution in [-0.2, 0) is 24.1 Å². The van der Waals surface area contributed by atoms with Gasteiger partial charge in [0.25, 0.3) is 0 Å². The van der Waals surface area contributed by atoms with Gasteiger partial charge in [-0.3, -0.25) is 0 Å². The minimum absolute atomic E-state index is 0.496. The number of fused-ring (bicyclic) bond motifs is 1. The summed E-state index contributed by atoms with van der Waals surface area (Å²) in [5.74, 6) is -0.276. The number of hydrogen-bond donors (Lipinski definition) is 1. The summed E-state index contributed by atoms with van der Waals surface area (Å²) < 4.78 is 0. The molecule has 0 aliphatic heterocycles. The highest BCUT2D eigenvalue weighted by Crippen LogP contribution is 2.29. The van der Waals surface area contributed by atoms with Crippen molar-refractivity contribution >= 4 is 5.97 Å². The van der Waals surface area contributed by atoms with E-state index in [1.807, 2.05) is 36.4 Å². The monoisotopic (exact) mass is 292 g/mol. The molecule has 0 atom stereocenters. The third-order valence-corrected chi connectivity index (χ3v) is 4.35. The molecule has 0 spiro atoms. The lowest BCUT2D eigenvalue weighted by molar-refractivity contribution is -0.132. The van der Waals surface area contributed by atoms with Crippen LogP contribution in [0.15, 0.2) is 66.2 Å². The van der Waals surface area contributed by atoms with Gasteiger partial charge in [-0.15, -0.1) is 0 Å². The number of carboxylic acid groups (broad SMARTS) is 1. The maximum atomic E-state index is 11.5. The summed E-state index contributed by atoms with van der Waals surface area (Å²) in [5.41, 5.74) is 4.38. The van der Waals surface area contributed by atoms with Gasteiger partial charge in [0.1, 0.15) is 0 Å². The van der Waals surface area contributed by atoms with Gasteiger partial charge in [-0.25, -0.2) is 4.79 Å². The van der Waals surface area contributed by atoms with Gasteiger partial charge in [-0.1, -0.05) is 60.7 Å². The average Bonchev–Trinajstić information content (AvgIpc) is 2.95. The van der Waals surface area contributed by atoms with E-state index in [4.69, 9.17) is 0 Å². The number of carbonyl (C=O) groups is 1. The number of aliphatic carboxylic acids is 1. The third kappa shape index (κ3) is 3.45. The zero-order chi connectivity index (χ0) is 15.4. The van der Waals surface area contributed by atoms with Crippen LogP contribution in [0.5, 0.6) is 0 Å². The molecule has 0 bridgehead atoms. The molecule has 1 aliphatic carbocycles. The minimum atomic E-state index is -0.806. The second-order valence-corrected chi connectivity index (χ2v) is 5.98. The highest BCUT2D eigenvalue weighted by molar-refractivity contribution is 5.87. The van der Waals surface area contributed by atoms with E-state index in [0.717, 1.165) is 24.8 Å². The Hall–Kier alpha value is -2.35. The molecule has 2 heteroatoms. The first-order valence-corrected chi connectivity index (χ1v) is 7.75. The molecule has 1 N–H and O–H groups in total. The summed E-state index contributed by atoms with van der Waals surface area (Å²) in [6, 6.07) is 18.3. The summed E-state index contributed by atoms with van der Waals surface area (Å²) in [6.07, 6.45) is 5.38. The van der Waals surface area contributed by atoms with Crippen molar-refractivity contribution in [3.05, 3.63) is 82.9 Å². The molecule has 112 valence electrons. The maximum Gasteiger partial charge on any atom is 0.331 e. The first-order valence-electron chi connectivity index (χ1n) is 7.75. The smallest absolute Gasteiger partial charge is 0.331 e. The van der Waals surface area contributed by atoms with E-state index in [-0.39, 0.29) is 0 Å². The Labute approximate surface area is 131 Å². The van der Waals surface area contributed by atoms with Gasteiger partial charge in [-0.05, 0) is 41.9 Å².